The van der Waals surface area contributed by atoms with Crippen LogP contribution >= 0.6 is 0 Å². The minimum Gasteiger partial charge on any atom is -0.334 e. The summed E-state index contributed by atoms with van der Waals surface area (Å²) in [4.78, 5) is 7.68. The summed E-state index contributed by atoms with van der Waals surface area (Å²) in [7, 11) is 0. The molecule has 396 valence electrons. The molecule has 3 heteroatoms. The summed E-state index contributed by atoms with van der Waals surface area (Å²) >= 11 is 0. The van der Waals surface area contributed by atoms with Crippen molar-refractivity contribution in [2.24, 2.45) is 5.92 Å². The Balaban J connectivity index is 0.794. The molecular weight excluding hydrogens is 979 g/mol. The van der Waals surface area contributed by atoms with Crippen molar-refractivity contribution in [1.29, 1.82) is 0 Å². The molecule has 0 spiro atoms. The van der Waals surface area contributed by atoms with Gasteiger partial charge >= 0.3 is 0 Å². The summed E-state index contributed by atoms with van der Waals surface area (Å²) < 4.78 is 0. The number of rotatable bonds is 8. The zero-order chi connectivity index (χ0) is 55.2. The summed E-state index contributed by atoms with van der Waals surface area (Å²) in [5.74, 6) is 0.232. The number of fused-ring (bicyclic) bond motifs is 10. The number of para-hydroxylation sites is 2. The van der Waals surface area contributed by atoms with Crippen molar-refractivity contribution in [1.82, 2.24) is 0 Å². The van der Waals surface area contributed by atoms with Gasteiger partial charge in [-0.25, -0.2) is 0 Å². The summed E-state index contributed by atoms with van der Waals surface area (Å²) in [5, 5.41) is 0. The van der Waals surface area contributed by atoms with E-state index in [4.69, 9.17) is 0 Å². The zero-order valence-corrected chi connectivity index (χ0v) is 47.9. The average molecular weight is 1050 g/mol. The molecule has 0 aromatic heterocycles. The largest absolute Gasteiger partial charge is 0.334 e. The first kappa shape index (κ1) is 49.4. The third kappa shape index (κ3) is 7.40. The predicted molar refractivity (Wildman–Crippen MR) is 341 cm³/mol. The number of allylic oxidation sites excluding steroid dienone is 4. The summed E-state index contributed by atoms with van der Waals surface area (Å²) in [6.07, 6.45) is 15.2. The van der Waals surface area contributed by atoms with E-state index in [1.807, 2.05) is 0 Å². The molecule has 3 atom stereocenters. The molecule has 2 heterocycles. The van der Waals surface area contributed by atoms with Crippen molar-refractivity contribution >= 4 is 45.4 Å². The van der Waals surface area contributed by atoms with Crippen LogP contribution in [0.3, 0.4) is 0 Å². The maximum atomic E-state index is 2.70. The number of hydrogen-bond donors (Lipinski definition) is 0. The first-order chi connectivity index (χ1) is 39.2. The molecule has 0 fully saturated rings. The van der Waals surface area contributed by atoms with E-state index < -0.39 is 0 Å². The van der Waals surface area contributed by atoms with E-state index in [9.17, 15) is 0 Å². The van der Waals surface area contributed by atoms with Gasteiger partial charge in [-0.05, 0) is 169 Å². The Morgan fingerprint density at radius 2 is 0.938 bits per heavy atom. The summed E-state index contributed by atoms with van der Waals surface area (Å²) in [6, 6.07) is 78.6. The lowest BCUT2D eigenvalue weighted by Gasteiger charge is -2.58. The Morgan fingerprint density at radius 3 is 1.60 bits per heavy atom. The number of hydrogen-bond acceptors (Lipinski definition) is 3. The van der Waals surface area contributed by atoms with Gasteiger partial charge in [-0.3, -0.25) is 0 Å². The Kier molecular flexibility index (Phi) is 10.9. The first-order valence-corrected chi connectivity index (χ1v) is 29.3. The number of nitrogens with zero attached hydrogens (tertiary/aromatic N) is 3. The van der Waals surface area contributed by atoms with Gasteiger partial charge in [0.25, 0.3) is 0 Å². The van der Waals surface area contributed by atoms with Crippen LogP contribution in [0.5, 0.6) is 0 Å². The molecule has 15 rings (SSSR count). The fourth-order valence-electron chi connectivity index (χ4n) is 15.4. The highest BCUT2D eigenvalue weighted by molar-refractivity contribution is 5.90. The average Bonchev–Trinajstić information content (AvgIpc) is 4.05. The molecule has 0 bridgehead atoms. The normalized spacial score (nSPS) is 20.1. The van der Waals surface area contributed by atoms with Crippen LogP contribution in [0.15, 0.2) is 248 Å². The summed E-state index contributed by atoms with van der Waals surface area (Å²) in [5.41, 5.74) is 28.1. The van der Waals surface area contributed by atoms with E-state index in [-0.39, 0.29) is 39.7 Å². The molecule has 0 N–H and O–H groups in total. The highest BCUT2D eigenvalue weighted by atomic mass is 15.2. The Morgan fingerprint density at radius 1 is 0.407 bits per heavy atom. The molecule has 3 nitrogen and oxygen atoms in total. The van der Waals surface area contributed by atoms with Crippen LogP contribution in [0, 0.1) is 5.92 Å². The van der Waals surface area contributed by atoms with Gasteiger partial charge in [0.2, 0.25) is 0 Å². The van der Waals surface area contributed by atoms with Gasteiger partial charge in [-0.15, -0.1) is 0 Å². The van der Waals surface area contributed by atoms with Gasteiger partial charge in [-0.2, -0.15) is 0 Å². The molecule has 9 aromatic carbocycles. The third-order valence-electron chi connectivity index (χ3n) is 19.9. The molecule has 4 aliphatic carbocycles. The Hall–Kier alpha value is -8.66. The van der Waals surface area contributed by atoms with E-state index in [0.717, 1.165) is 23.5 Å². The monoisotopic (exact) mass is 1050 g/mol. The van der Waals surface area contributed by atoms with Gasteiger partial charge in [-0.1, -0.05) is 219 Å². The molecule has 3 unspecified atom stereocenters. The second-order valence-corrected chi connectivity index (χ2v) is 25.7. The van der Waals surface area contributed by atoms with E-state index in [2.05, 4.69) is 313 Å². The van der Waals surface area contributed by atoms with Crippen molar-refractivity contribution < 1.29 is 0 Å². The molecular formula is C78H69N3. The van der Waals surface area contributed by atoms with E-state index in [1.165, 1.54) is 106 Å². The lowest BCUT2D eigenvalue weighted by Crippen LogP contribution is -2.57. The third-order valence-corrected chi connectivity index (χ3v) is 19.9. The van der Waals surface area contributed by atoms with E-state index >= 15 is 0 Å². The van der Waals surface area contributed by atoms with Crippen molar-refractivity contribution in [2.75, 3.05) is 14.7 Å². The zero-order valence-electron chi connectivity index (χ0n) is 47.9. The maximum Gasteiger partial charge on any atom is 0.0634 e. The van der Waals surface area contributed by atoms with E-state index in [0.29, 0.717) is 0 Å². The molecule has 0 amide bonds. The van der Waals surface area contributed by atoms with Gasteiger partial charge < -0.3 is 14.7 Å². The smallest absolute Gasteiger partial charge is 0.0634 e. The van der Waals surface area contributed by atoms with Gasteiger partial charge in [0.1, 0.15) is 0 Å². The van der Waals surface area contributed by atoms with Crippen LogP contribution in [0.2, 0.25) is 0 Å². The molecule has 0 saturated heterocycles. The number of benzene rings is 9. The van der Waals surface area contributed by atoms with Crippen molar-refractivity contribution in [2.45, 2.75) is 95.6 Å². The summed E-state index contributed by atoms with van der Waals surface area (Å²) in [6.45, 7) is 19.4. The van der Waals surface area contributed by atoms with Crippen LogP contribution in [0.1, 0.15) is 101 Å². The Bertz CT molecular complexity index is 4160. The highest BCUT2D eigenvalue weighted by Crippen LogP contribution is 2.61. The molecule has 2 aliphatic heterocycles. The molecule has 81 heavy (non-hydrogen) atoms. The second-order valence-electron chi connectivity index (χ2n) is 25.7. The quantitative estimate of drug-likeness (QED) is 0.150. The molecule has 6 aliphatic rings. The SMILES string of the molecule is CC1(C)C2=CC(c3ccc(N(c4ccc5c(c4)C(C)(C)c4ccccc4-5)C4C=CC=CC4)cc3)=CC3C2N(c2ccc(-c4ccc(N(c5ccccc5)c5ccc6c(c5)C(C)(C)c5ccccc5-6)cc4)cc21)c1ccccc1C3(C)C. The lowest BCUT2D eigenvalue weighted by atomic mass is 9.56. The maximum absolute atomic E-state index is 2.70. The van der Waals surface area contributed by atoms with Gasteiger partial charge in [0.15, 0.2) is 0 Å². The molecule has 0 radical (unpaired) electrons. The minimum absolute atomic E-state index is 0.0796. The van der Waals surface area contributed by atoms with Crippen LogP contribution in [-0.4, -0.2) is 12.1 Å². The van der Waals surface area contributed by atoms with E-state index in [1.54, 1.807) is 0 Å². The van der Waals surface area contributed by atoms with Crippen molar-refractivity contribution in [3.63, 3.8) is 0 Å². The van der Waals surface area contributed by atoms with Crippen LogP contribution < -0.4 is 14.7 Å². The van der Waals surface area contributed by atoms with Gasteiger partial charge in [0, 0.05) is 67.4 Å². The molecule has 0 saturated carbocycles. The van der Waals surface area contributed by atoms with Crippen LogP contribution in [0.4, 0.5) is 39.8 Å². The van der Waals surface area contributed by atoms with Crippen LogP contribution in [0.25, 0.3) is 39.0 Å². The fraction of sp³-hybridized carbons (Fsp3) is 0.205. The first-order valence-electron chi connectivity index (χ1n) is 29.3. The number of anilines is 7. The van der Waals surface area contributed by atoms with Gasteiger partial charge in [0.05, 0.1) is 12.1 Å². The standard InChI is InChI=1S/C78H69N3/c1-75(2)64-27-17-15-25-60(64)62-42-40-58(48-67(62)75)79(54-21-11-9-12-22-54)56-36-31-50(32-37-56)52-35-44-73-69(45-52)78(7,8)71-47-53(46-70-74(71)81(73)72-30-20-19-29-66(72)77(70,5)6)51-33-38-57(39-34-51)80(55-23-13-10-14-24-55)59-41-43-63-61-26-16-18-28-65(61)76(3,4)68(63)49-59/h9-23,25-49,55,70,74H,24H2,1-8H3. The highest BCUT2D eigenvalue weighted by Gasteiger charge is 2.54. The fourth-order valence-corrected chi connectivity index (χ4v) is 15.4. The molecule has 9 aromatic rings. The minimum atomic E-state index is -0.268. The second kappa shape index (κ2) is 17.9. The van der Waals surface area contributed by atoms with Crippen molar-refractivity contribution in [3.8, 4) is 33.4 Å². The lowest BCUT2D eigenvalue weighted by molar-refractivity contribution is 0.302. The van der Waals surface area contributed by atoms with Crippen LogP contribution in [-0.2, 0) is 21.7 Å². The topological polar surface area (TPSA) is 9.72 Å². The Labute approximate surface area is 479 Å². The predicted octanol–water partition coefficient (Wildman–Crippen LogP) is 20.2. The van der Waals surface area contributed by atoms with Crippen molar-refractivity contribution in [3.05, 3.63) is 287 Å².